The summed E-state index contributed by atoms with van der Waals surface area (Å²) in [7, 11) is -3.66. The molecular weight excluding hydrogens is 385 g/mol. The molecule has 6 nitrogen and oxygen atoms in total. The van der Waals surface area contributed by atoms with E-state index in [1.54, 1.807) is 24.3 Å². The predicted octanol–water partition coefficient (Wildman–Crippen LogP) is 1.69. The summed E-state index contributed by atoms with van der Waals surface area (Å²) in [4.78, 5) is 11.1. The van der Waals surface area contributed by atoms with Crippen LogP contribution >= 0.6 is 0 Å². The van der Waals surface area contributed by atoms with Gasteiger partial charge in [-0.05, 0) is 37.3 Å². The maximum atomic E-state index is 12.5. The molecule has 2 N–H and O–H groups in total. The van der Waals surface area contributed by atoms with E-state index in [4.69, 9.17) is 0 Å². The number of aliphatic hydroxyl groups excluding tert-OH is 1. The van der Waals surface area contributed by atoms with E-state index >= 15 is 0 Å². The lowest BCUT2D eigenvalue weighted by molar-refractivity contribution is -0.173. The Labute approximate surface area is 155 Å². The molecule has 1 fully saturated rings. The Kier molecular flexibility index (Phi) is 4.92. The van der Waals surface area contributed by atoms with Crippen molar-refractivity contribution in [2.75, 3.05) is 17.1 Å². The molecule has 10 heteroatoms. The zero-order chi connectivity index (χ0) is 20.0. The van der Waals surface area contributed by atoms with Gasteiger partial charge in [0.15, 0.2) is 0 Å². The standard InChI is InChI=1S/C17H21F3N2O4S/c1-27(25,26)22-12-6-3-2-5-11(12)16(13(22)7-4-8-14(16)23)9-10-21-15(24)17(18,19)20/h2-3,5-6,13-14,23H,4,7-10H2,1H3,(H,21,24)/t13-,14?,16-/m0/s1. The molecular formula is C17H21F3N2O4S. The van der Waals surface area contributed by atoms with Crippen molar-refractivity contribution in [1.82, 2.24) is 5.32 Å². The number of amides is 1. The number of nitrogens with one attached hydrogen (secondary N) is 1. The van der Waals surface area contributed by atoms with E-state index in [-0.39, 0.29) is 13.0 Å². The van der Waals surface area contributed by atoms with Gasteiger partial charge in [-0.3, -0.25) is 9.10 Å². The minimum Gasteiger partial charge on any atom is -0.392 e. The van der Waals surface area contributed by atoms with Gasteiger partial charge in [-0.25, -0.2) is 8.42 Å². The zero-order valence-electron chi connectivity index (χ0n) is 14.7. The normalized spacial score (nSPS) is 27.8. The van der Waals surface area contributed by atoms with E-state index in [1.165, 1.54) is 4.31 Å². The summed E-state index contributed by atoms with van der Waals surface area (Å²) >= 11 is 0. The summed E-state index contributed by atoms with van der Waals surface area (Å²) in [5.74, 6) is -2.05. The highest BCUT2D eigenvalue weighted by atomic mass is 32.2. The van der Waals surface area contributed by atoms with Gasteiger partial charge >= 0.3 is 12.1 Å². The number of benzene rings is 1. The van der Waals surface area contributed by atoms with E-state index in [2.05, 4.69) is 0 Å². The van der Waals surface area contributed by atoms with Crippen molar-refractivity contribution in [2.45, 2.75) is 49.4 Å². The fourth-order valence-corrected chi connectivity index (χ4v) is 5.79. The van der Waals surface area contributed by atoms with Crippen LogP contribution in [0.1, 0.15) is 31.2 Å². The van der Waals surface area contributed by atoms with Gasteiger partial charge in [0.05, 0.1) is 24.1 Å². The van der Waals surface area contributed by atoms with Crippen LogP contribution in [-0.4, -0.2) is 50.6 Å². The highest BCUT2D eigenvalue weighted by Crippen LogP contribution is 2.54. The van der Waals surface area contributed by atoms with Crippen molar-refractivity contribution in [3.8, 4) is 0 Å². The molecule has 150 valence electrons. The Morgan fingerprint density at radius 3 is 2.63 bits per heavy atom. The number of carbonyl (C=O) groups is 1. The summed E-state index contributed by atoms with van der Waals surface area (Å²) in [6, 6.07) is 6.13. The summed E-state index contributed by atoms with van der Waals surface area (Å²) in [5.41, 5.74) is -0.0291. The number of nitrogens with zero attached hydrogens (tertiary/aromatic N) is 1. The second kappa shape index (κ2) is 6.66. The first-order valence-corrected chi connectivity index (χ1v) is 10.5. The number of anilines is 1. The number of carbonyl (C=O) groups excluding carboxylic acids is 1. The van der Waals surface area contributed by atoms with E-state index < -0.39 is 39.7 Å². The third-order valence-corrected chi connectivity index (χ3v) is 6.68. The van der Waals surface area contributed by atoms with Crippen LogP contribution in [0, 0.1) is 0 Å². The number of halogens is 3. The zero-order valence-corrected chi connectivity index (χ0v) is 15.5. The summed E-state index contributed by atoms with van der Waals surface area (Å²) in [6.45, 7) is -0.322. The molecule has 1 aromatic carbocycles. The van der Waals surface area contributed by atoms with Crippen LogP contribution < -0.4 is 9.62 Å². The number of hydrogen-bond acceptors (Lipinski definition) is 4. The van der Waals surface area contributed by atoms with Gasteiger partial charge in [0.1, 0.15) is 0 Å². The Morgan fingerprint density at radius 1 is 1.33 bits per heavy atom. The van der Waals surface area contributed by atoms with Gasteiger partial charge in [0, 0.05) is 12.0 Å². The molecule has 1 heterocycles. The number of alkyl halides is 3. The number of fused-ring (bicyclic) bond motifs is 3. The molecule has 2 aliphatic rings. The van der Waals surface area contributed by atoms with Gasteiger partial charge < -0.3 is 10.4 Å². The summed E-state index contributed by atoms with van der Waals surface area (Å²) in [5, 5.41) is 12.7. The fourth-order valence-electron chi connectivity index (χ4n) is 4.52. The summed E-state index contributed by atoms with van der Waals surface area (Å²) in [6.07, 6.45) is -3.35. The van der Waals surface area contributed by atoms with Crippen molar-refractivity contribution in [3.63, 3.8) is 0 Å². The van der Waals surface area contributed by atoms with Gasteiger partial charge in [-0.15, -0.1) is 0 Å². The number of para-hydroxylation sites is 1. The van der Waals surface area contributed by atoms with Gasteiger partial charge in [0.25, 0.3) is 0 Å². The van der Waals surface area contributed by atoms with Gasteiger partial charge in [0.2, 0.25) is 10.0 Å². The summed E-state index contributed by atoms with van der Waals surface area (Å²) < 4.78 is 63.6. The topological polar surface area (TPSA) is 86.7 Å². The van der Waals surface area contributed by atoms with Crippen molar-refractivity contribution < 1.29 is 31.5 Å². The highest BCUT2D eigenvalue weighted by molar-refractivity contribution is 7.92. The quantitative estimate of drug-likeness (QED) is 0.797. The first kappa shape index (κ1) is 19.9. The molecule has 0 radical (unpaired) electrons. The first-order valence-electron chi connectivity index (χ1n) is 8.61. The molecule has 3 rings (SSSR count). The minimum atomic E-state index is -4.99. The smallest absolute Gasteiger partial charge is 0.392 e. The van der Waals surface area contributed by atoms with Crippen LogP contribution in [0.5, 0.6) is 0 Å². The first-order chi connectivity index (χ1) is 12.5. The van der Waals surface area contributed by atoms with E-state index in [0.717, 1.165) is 6.26 Å². The molecule has 0 aromatic heterocycles. The number of aliphatic hydroxyl groups is 1. The molecule has 27 heavy (non-hydrogen) atoms. The Morgan fingerprint density at radius 2 is 2.00 bits per heavy atom. The molecule has 1 saturated carbocycles. The van der Waals surface area contributed by atoms with Crippen molar-refractivity contribution in [1.29, 1.82) is 0 Å². The average Bonchev–Trinajstić information content (AvgIpc) is 2.86. The molecule has 1 unspecified atom stereocenters. The van der Waals surface area contributed by atoms with Crippen molar-refractivity contribution >= 4 is 21.6 Å². The van der Waals surface area contributed by atoms with Crippen molar-refractivity contribution in [2.24, 2.45) is 0 Å². The lowest BCUT2D eigenvalue weighted by atomic mass is 9.64. The van der Waals surface area contributed by atoms with Crippen LogP contribution in [0.4, 0.5) is 18.9 Å². The molecule has 0 bridgehead atoms. The van der Waals surface area contributed by atoms with Crippen LogP contribution in [0.15, 0.2) is 24.3 Å². The molecule has 1 aliphatic carbocycles. The number of sulfonamides is 1. The second-order valence-electron chi connectivity index (χ2n) is 7.08. The van der Waals surface area contributed by atoms with Crippen LogP contribution in [0.25, 0.3) is 0 Å². The monoisotopic (exact) mass is 406 g/mol. The lowest BCUT2D eigenvalue weighted by Gasteiger charge is -2.45. The molecule has 0 spiro atoms. The van der Waals surface area contributed by atoms with Crippen LogP contribution in [0.2, 0.25) is 0 Å². The fraction of sp³-hybridized carbons (Fsp3) is 0.588. The Bertz CT molecular complexity index is 843. The van der Waals surface area contributed by atoms with E-state index in [1.807, 2.05) is 5.32 Å². The highest BCUT2D eigenvalue weighted by Gasteiger charge is 2.58. The third-order valence-electron chi connectivity index (χ3n) is 5.51. The average molecular weight is 406 g/mol. The molecule has 0 saturated heterocycles. The maximum Gasteiger partial charge on any atom is 0.471 e. The Balaban J connectivity index is 2.00. The predicted molar refractivity (Wildman–Crippen MR) is 92.8 cm³/mol. The number of hydrogen-bond donors (Lipinski definition) is 2. The van der Waals surface area contributed by atoms with Crippen LogP contribution in [0.3, 0.4) is 0 Å². The van der Waals surface area contributed by atoms with E-state index in [0.29, 0.717) is 30.5 Å². The molecule has 3 atom stereocenters. The van der Waals surface area contributed by atoms with Crippen molar-refractivity contribution in [3.05, 3.63) is 29.8 Å². The van der Waals surface area contributed by atoms with Gasteiger partial charge in [-0.1, -0.05) is 18.2 Å². The van der Waals surface area contributed by atoms with E-state index in [9.17, 15) is 31.5 Å². The maximum absolute atomic E-state index is 12.5. The second-order valence-corrected chi connectivity index (χ2v) is 8.94. The Hall–Kier alpha value is -1.81. The molecule has 1 aromatic rings. The molecule has 1 amide bonds. The lowest BCUT2D eigenvalue weighted by Crippen LogP contribution is -2.57. The third kappa shape index (κ3) is 3.29. The molecule has 1 aliphatic heterocycles. The van der Waals surface area contributed by atoms with Gasteiger partial charge in [-0.2, -0.15) is 13.2 Å². The minimum absolute atomic E-state index is 0.00366. The number of rotatable bonds is 4. The SMILES string of the molecule is CS(=O)(=O)N1c2ccccc2[C@]2(CCNC(=O)C(F)(F)F)C(O)CCC[C@H]12. The largest absolute Gasteiger partial charge is 0.471 e. The van der Waals surface area contributed by atoms with Crippen LogP contribution in [-0.2, 0) is 20.2 Å².